The van der Waals surface area contributed by atoms with E-state index in [0.717, 1.165) is 64.5 Å². The lowest BCUT2D eigenvalue weighted by atomic mass is 9.92. The first kappa shape index (κ1) is 35.9. The van der Waals surface area contributed by atoms with Crippen molar-refractivity contribution in [3.63, 3.8) is 0 Å². The lowest BCUT2D eigenvalue weighted by Crippen LogP contribution is -2.42. The van der Waals surface area contributed by atoms with Crippen LogP contribution in [-0.4, -0.2) is 114 Å². The van der Waals surface area contributed by atoms with Crippen LogP contribution in [-0.2, 0) is 33.5 Å². The summed E-state index contributed by atoms with van der Waals surface area (Å²) in [4.78, 5) is 29.3. The fourth-order valence-electron chi connectivity index (χ4n) is 7.30. The third kappa shape index (κ3) is 7.81. The molecule has 0 radical (unpaired) electrons. The van der Waals surface area contributed by atoms with Gasteiger partial charge < -0.3 is 14.7 Å². The maximum Gasteiger partial charge on any atom is 0.253 e. The van der Waals surface area contributed by atoms with Crippen molar-refractivity contribution in [3.05, 3.63) is 107 Å². The number of likely N-dealkylation sites (N-methyl/N-ethyl adjacent to an activating group) is 1. The van der Waals surface area contributed by atoms with Crippen LogP contribution in [0.1, 0.15) is 39.5 Å². The average Bonchev–Trinajstić information content (AvgIpc) is 3.54. The zero-order valence-corrected chi connectivity index (χ0v) is 30.8. The molecule has 0 spiro atoms. The van der Waals surface area contributed by atoms with E-state index in [-0.39, 0.29) is 23.9 Å². The number of ether oxygens (including phenoxy) is 1. The number of rotatable bonds is 11. The summed E-state index contributed by atoms with van der Waals surface area (Å²) in [7, 11) is -2.22. The van der Waals surface area contributed by atoms with Crippen molar-refractivity contribution in [3.8, 4) is 22.4 Å². The first-order chi connectivity index (χ1) is 25.1. The molecule has 0 saturated carbocycles. The predicted molar refractivity (Wildman–Crippen MR) is 202 cm³/mol. The van der Waals surface area contributed by atoms with E-state index < -0.39 is 16.1 Å². The lowest BCUT2D eigenvalue weighted by Gasteiger charge is -2.33. The SMILES string of the molecule is Cc1cc(-c2cnc3c(n2)c(-c2ccc(C(=O)N(C)C[C@H](C)O)cc2)cn3S(=O)(=O)Cc2ccccc2)cc2c1CCN(CCN1CCOCC1)C2. The Labute approximate surface area is 305 Å². The highest BCUT2D eigenvalue weighted by Gasteiger charge is 2.25. The van der Waals surface area contributed by atoms with Crippen molar-refractivity contribution in [2.45, 2.75) is 38.7 Å². The molecule has 1 atom stereocenters. The van der Waals surface area contributed by atoms with Crippen LogP contribution in [0.3, 0.4) is 0 Å². The second-order valence-corrected chi connectivity index (χ2v) is 15.9. The molecular weight excluding hydrogens is 677 g/mol. The van der Waals surface area contributed by atoms with E-state index in [0.29, 0.717) is 33.5 Å². The standard InChI is InChI=1S/C40H46N6O5S/c1-28-21-33(22-34-25-45(14-13-35(28)34)16-15-44-17-19-51-20-18-44)37-23-41-39-38(42-37)36(26-46(39)52(49,50)27-30-7-5-4-6-8-30)31-9-11-32(12-10-31)40(48)43(3)24-29(2)47/h4-12,21-23,26,29,47H,13-20,24-25,27H2,1-3H3/t29-/m0/s1. The number of aryl methyl sites for hydroxylation is 1. The van der Waals surface area contributed by atoms with Crippen molar-refractivity contribution in [2.24, 2.45) is 0 Å². The van der Waals surface area contributed by atoms with Crippen LogP contribution in [0.5, 0.6) is 0 Å². The Balaban J connectivity index is 1.24. The van der Waals surface area contributed by atoms with E-state index in [1.807, 2.05) is 18.2 Å². The van der Waals surface area contributed by atoms with E-state index >= 15 is 0 Å². The van der Waals surface area contributed by atoms with Crippen molar-refractivity contribution in [2.75, 3.05) is 59.5 Å². The van der Waals surface area contributed by atoms with Gasteiger partial charge in [0.05, 0.1) is 37.0 Å². The van der Waals surface area contributed by atoms with Crippen LogP contribution in [0.25, 0.3) is 33.5 Å². The molecule has 2 aliphatic heterocycles. The van der Waals surface area contributed by atoms with Crippen molar-refractivity contribution >= 4 is 27.1 Å². The van der Waals surface area contributed by atoms with Crippen LogP contribution < -0.4 is 0 Å². The molecule has 272 valence electrons. The molecule has 2 aromatic heterocycles. The molecule has 1 N–H and O–H groups in total. The van der Waals surface area contributed by atoms with E-state index in [1.165, 1.54) is 25.6 Å². The first-order valence-corrected chi connectivity index (χ1v) is 19.5. The Bertz CT molecular complexity index is 2160. The molecule has 3 aromatic carbocycles. The highest BCUT2D eigenvalue weighted by Crippen LogP contribution is 2.34. The minimum atomic E-state index is -3.87. The number of morpholine rings is 1. The van der Waals surface area contributed by atoms with Gasteiger partial charge in [0.15, 0.2) is 5.65 Å². The summed E-state index contributed by atoms with van der Waals surface area (Å²) >= 11 is 0. The van der Waals surface area contributed by atoms with Crippen LogP contribution >= 0.6 is 0 Å². The first-order valence-electron chi connectivity index (χ1n) is 17.9. The number of carbonyl (C=O) groups is 1. The zero-order chi connectivity index (χ0) is 36.4. The number of carbonyl (C=O) groups excluding carboxylic acids is 1. The van der Waals surface area contributed by atoms with Crippen molar-refractivity contribution in [1.29, 1.82) is 0 Å². The van der Waals surface area contributed by atoms with Gasteiger partial charge in [0.2, 0.25) is 10.0 Å². The molecule has 1 amide bonds. The van der Waals surface area contributed by atoms with Gasteiger partial charge in [0.1, 0.15) is 5.52 Å². The number of aromatic nitrogens is 3. The number of hydrogen-bond acceptors (Lipinski definition) is 9. The van der Waals surface area contributed by atoms with Gasteiger partial charge >= 0.3 is 0 Å². The molecule has 4 heterocycles. The number of aliphatic hydroxyl groups is 1. The largest absolute Gasteiger partial charge is 0.392 e. The van der Waals surface area contributed by atoms with Crippen LogP contribution in [0.2, 0.25) is 0 Å². The predicted octanol–water partition coefficient (Wildman–Crippen LogP) is 4.59. The quantitative estimate of drug-likeness (QED) is 0.209. The summed E-state index contributed by atoms with van der Waals surface area (Å²) in [5, 5.41) is 9.76. The molecule has 7 rings (SSSR count). The van der Waals surface area contributed by atoms with Gasteiger partial charge in [-0.2, -0.15) is 0 Å². The molecule has 5 aromatic rings. The third-order valence-corrected chi connectivity index (χ3v) is 11.6. The van der Waals surface area contributed by atoms with E-state index in [9.17, 15) is 18.3 Å². The molecule has 1 fully saturated rings. The smallest absolute Gasteiger partial charge is 0.253 e. The Morgan fingerprint density at radius 2 is 1.71 bits per heavy atom. The fourth-order valence-corrected chi connectivity index (χ4v) is 8.71. The van der Waals surface area contributed by atoms with Crippen molar-refractivity contribution < 1.29 is 23.1 Å². The molecule has 2 aliphatic rings. The molecule has 12 heteroatoms. The molecule has 52 heavy (non-hydrogen) atoms. The molecular formula is C40H46N6O5S. The van der Waals surface area contributed by atoms with Gasteiger partial charge in [-0.3, -0.25) is 14.6 Å². The number of benzene rings is 3. The summed E-state index contributed by atoms with van der Waals surface area (Å²) in [5.74, 6) is -0.417. The van der Waals surface area contributed by atoms with E-state index in [2.05, 4.69) is 28.9 Å². The maximum absolute atomic E-state index is 13.9. The second-order valence-electron chi connectivity index (χ2n) is 14.0. The summed E-state index contributed by atoms with van der Waals surface area (Å²) in [6.07, 6.45) is 3.60. The molecule has 0 aliphatic carbocycles. The summed E-state index contributed by atoms with van der Waals surface area (Å²) in [6.45, 7) is 11.5. The third-order valence-electron chi connectivity index (χ3n) is 10.1. The Morgan fingerprint density at radius 1 is 0.981 bits per heavy atom. The highest BCUT2D eigenvalue weighted by atomic mass is 32.2. The van der Waals surface area contributed by atoms with E-state index in [4.69, 9.17) is 14.7 Å². The normalized spacial score (nSPS) is 16.2. The molecule has 1 saturated heterocycles. The van der Waals surface area contributed by atoms with Crippen molar-refractivity contribution in [1.82, 2.24) is 28.6 Å². The van der Waals surface area contributed by atoms with E-state index in [1.54, 1.807) is 62.8 Å². The summed E-state index contributed by atoms with van der Waals surface area (Å²) < 4.78 is 34.6. The Hall–Kier alpha value is -4.46. The van der Waals surface area contributed by atoms with Crippen LogP contribution in [0, 0.1) is 6.92 Å². The fraction of sp³-hybridized carbons (Fsp3) is 0.375. The zero-order valence-electron chi connectivity index (χ0n) is 30.0. The van der Waals surface area contributed by atoms with Crippen LogP contribution in [0.15, 0.2) is 79.1 Å². The maximum atomic E-state index is 13.9. The minimum Gasteiger partial charge on any atom is -0.392 e. The summed E-state index contributed by atoms with van der Waals surface area (Å²) in [6, 6.07) is 20.5. The number of hydrogen-bond donors (Lipinski definition) is 1. The summed E-state index contributed by atoms with van der Waals surface area (Å²) in [5.41, 5.74) is 8.62. The Kier molecular flexibility index (Phi) is 10.5. The van der Waals surface area contributed by atoms with Gasteiger partial charge in [-0.25, -0.2) is 22.4 Å². The molecule has 11 nitrogen and oxygen atoms in total. The lowest BCUT2D eigenvalue weighted by molar-refractivity contribution is 0.0326. The van der Waals surface area contributed by atoms with Gasteiger partial charge in [-0.1, -0.05) is 42.5 Å². The molecule has 0 bridgehead atoms. The van der Waals surface area contributed by atoms with Gasteiger partial charge in [-0.05, 0) is 72.4 Å². The minimum absolute atomic E-state index is 0.199. The second kappa shape index (κ2) is 15.3. The number of fused-ring (bicyclic) bond motifs is 2. The number of nitrogens with zero attached hydrogens (tertiary/aromatic N) is 6. The molecule has 0 unspecified atom stereocenters. The van der Waals surface area contributed by atoms with Gasteiger partial charge in [-0.15, -0.1) is 0 Å². The topological polar surface area (TPSA) is 121 Å². The van der Waals surface area contributed by atoms with Gasteiger partial charge in [0.25, 0.3) is 5.91 Å². The average molecular weight is 723 g/mol. The van der Waals surface area contributed by atoms with Crippen LogP contribution in [0.4, 0.5) is 0 Å². The number of amides is 1. The monoisotopic (exact) mass is 722 g/mol. The number of aliphatic hydroxyl groups excluding tert-OH is 1. The Morgan fingerprint density at radius 3 is 2.44 bits per heavy atom. The van der Waals surface area contributed by atoms with Gasteiger partial charge in [0, 0.05) is 75.7 Å². The highest BCUT2D eigenvalue weighted by molar-refractivity contribution is 7.89.